The van der Waals surface area contributed by atoms with Gasteiger partial charge in [-0.1, -0.05) is 0 Å². The summed E-state index contributed by atoms with van der Waals surface area (Å²) < 4.78 is 1.83. The summed E-state index contributed by atoms with van der Waals surface area (Å²) in [6.07, 6.45) is 0.363. The smallest absolute Gasteiger partial charge is 0.226 e. The Morgan fingerprint density at radius 2 is 2.05 bits per heavy atom. The van der Waals surface area contributed by atoms with E-state index in [9.17, 15) is 4.79 Å². The van der Waals surface area contributed by atoms with Crippen molar-refractivity contribution in [2.75, 3.05) is 5.32 Å². The summed E-state index contributed by atoms with van der Waals surface area (Å²) in [4.78, 5) is 11.8. The lowest BCUT2D eigenvalue weighted by Crippen LogP contribution is -2.15. The first-order valence-corrected chi connectivity index (χ1v) is 6.39. The zero-order chi connectivity index (χ0) is 14.5. The molecule has 0 unspecified atom stereocenters. The Morgan fingerprint density at radius 1 is 1.35 bits per heavy atom. The number of hydrogen-bond donors (Lipinski definition) is 1. The van der Waals surface area contributed by atoms with Crippen molar-refractivity contribution in [3.8, 4) is 6.07 Å². The van der Waals surface area contributed by atoms with Crippen LogP contribution in [0.15, 0.2) is 30.3 Å². The van der Waals surface area contributed by atoms with Crippen molar-refractivity contribution >= 4 is 11.6 Å². The van der Waals surface area contributed by atoms with Crippen LogP contribution in [-0.4, -0.2) is 15.7 Å². The third-order valence-electron chi connectivity index (χ3n) is 2.95. The number of hydrogen-bond acceptors (Lipinski definition) is 3. The van der Waals surface area contributed by atoms with Crippen molar-refractivity contribution in [3.63, 3.8) is 0 Å². The maximum Gasteiger partial charge on any atom is 0.226 e. The summed E-state index contributed by atoms with van der Waals surface area (Å²) in [5, 5.41) is 15.8. The van der Waals surface area contributed by atoms with Crippen LogP contribution >= 0.6 is 0 Å². The molecular formula is C15H16N4O. The highest BCUT2D eigenvalue weighted by Gasteiger charge is 2.06. The predicted octanol–water partition coefficient (Wildman–Crippen LogP) is 2.40. The Kier molecular flexibility index (Phi) is 4.16. The quantitative estimate of drug-likeness (QED) is 0.925. The highest BCUT2D eigenvalue weighted by atomic mass is 16.1. The van der Waals surface area contributed by atoms with Crippen LogP contribution in [0.3, 0.4) is 0 Å². The highest BCUT2D eigenvalue weighted by molar-refractivity contribution is 5.90. The minimum absolute atomic E-state index is 0.0674. The third kappa shape index (κ3) is 3.45. The molecule has 0 saturated heterocycles. The topological polar surface area (TPSA) is 70.7 Å². The van der Waals surface area contributed by atoms with E-state index in [-0.39, 0.29) is 5.91 Å². The van der Waals surface area contributed by atoms with E-state index in [0.717, 1.165) is 11.4 Å². The molecule has 102 valence electrons. The summed E-state index contributed by atoms with van der Waals surface area (Å²) in [5.74, 6) is -0.0674. The molecule has 5 nitrogen and oxygen atoms in total. The predicted molar refractivity (Wildman–Crippen MR) is 76.1 cm³/mol. The van der Waals surface area contributed by atoms with Gasteiger partial charge in [0, 0.05) is 24.3 Å². The van der Waals surface area contributed by atoms with Gasteiger partial charge in [0.25, 0.3) is 0 Å². The standard InChI is InChI=1S/C15H16N4O/c1-11-9-12(2)19(18-11)8-7-15(20)17-14-5-3-13(10-16)4-6-14/h3-6,9H,7-8H2,1-2H3,(H,17,20). The first-order valence-electron chi connectivity index (χ1n) is 6.39. The van der Waals surface area contributed by atoms with E-state index in [1.807, 2.05) is 30.7 Å². The maximum atomic E-state index is 11.8. The van der Waals surface area contributed by atoms with E-state index in [1.165, 1.54) is 0 Å². The van der Waals surface area contributed by atoms with E-state index in [4.69, 9.17) is 5.26 Å². The molecule has 0 aliphatic rings. The maximum absolute atomic E-state index is 11.8. The lowest BCUT2D eigenvalue weighted by atomic mass is 10.2. The van der Waals surface area contributed by atoms with Crippen molar-refractivity contribution in [1.29, 1.82) is 5.26 Å². The van der Waals surface area contributed by atoms with Crippen LogP contribution in [0.5, 0.6) is 0 Å². The molecule has 0 bridgehead atoms. The largest absolute Gasteiger partial charge is 0.326 e. The van der Waals surface area contributed by atoms with Gasteiger partial charge in [0.15, 0.2) is 0 Å². The first-order chi connectivity index (χ1) is 9.58. The Hall–Kier alpha value is -2.61. The van der Waals surface area contributed by atoms with Gasteiger partial charge in [0.05, 0.1) is 17.3 Å². The number of nitrogens with zero attached hydrogens (tertiary/aromatic N) is 3. The lowest BCUT2D eigenvalue weighted by molar-refractivity contribution is -0.116. The highest BCUT2D eigenvalue weighted by Crippen LogP contribution is 2.09. The number of benzene rings is 1. The minimum atomic E-state index is -0.0674. The molecule has 0 spiro atoms. The second-order valence-corrected chi connectivity index (χ2v) is 4.64. The molecule has 5 heteroatoms. The number of nitriles is 1. The molecule has 0 aliphatic heterocycles. The molecule has 0 saturated carbocycles. The summed E-state index contributed by atoms with van der Waals surface area (Å²) in [5.41, 5.74) is 3.27. The molecule has 1 aromatic carbocycles. The Bertz CT molecular complexity index is 650. The molecule has 1 aromatic heterocycles. The SMILES string of the molecule is Cc1cc(C)n(CCC(=O)Nc2ccc(C#N)cc2)n1. The van der Waals surface area contributed by atoms with Crippen LogP contribution in [0, 0.1) is 25.2 Å². The van der Waals surface area contributed by atoms with E-state index < -0.39 is 0 Å². The van der Waals surface area contributed by atoms with Crippen molar-refractivity contribution in [1.82, 2.24) is 9.78 Å². The van der Waals surface area contributed by atoms with Crippen LogP contribution in [0.4, 0.5) is 5.69 Å². The Morgan fingerprint density at radius 3 is 2.60 bits per heavy atom. The fourth-order valence-electron chi connectivity index (χ4n) is 1.96. The van der Waals surface area contributed by atoms with Crippen molar-refractivity contribution in [3.05, 3.63) is 47.3 Å². The monoisotopic (exact) mass is 268 g/mol. The van der Waals surface area contributed by atoms with E-state index >= 15 is 0 Å². The average molecular weight is 268 g/mol. The van der Waals surface area contributed by atoms with Crippen molar-refractivity contribution in [2.45, 2.75) is 26.8 Å². The van der Waals surface area contributed by atoms with Gasteiger partial charge in [-0.15, -0.1) is 0 Å². The number of carbonyl (C=O) groups is 1. The molecule has 1 amide bonds. The van der Waals surface area contributed by atoms with Gasteiger partial charge in [-0.05, 0) is 44.2 Å². The molecular weight excluding hydrogens is 252 g/mol. The van der Waals surface area contributed by atoms with Crippen LogP contribution in [-0.2, 0) is 11.3 Å². The molecule has 0 aliphatic carbocycles. The van der Waals surface area contributed by atoms with Crippen LogP contribution in [0.2, 0.25) is 0 Å². The number of carbonyl (C=O) groups excluding carboxylic acids is 1. The second-order valence-electron chi connectivity index (χ2n) is 4.64. The molecule has 2 aromatic rings. The number of aromatic nitrogens is 2. The molecule has 1 N–H and O–H groups in total. The Labute approximate surface area is 117 Å². The first kappa shape index (κ1) is 13.8. The van der Waals surface area contributed by atoms with Gasteiger partial charge in [0.2, 0.25) is 5.91 Å². The normalized spacial score (nSPS) is 10.1. The van der Waals surface area contributed by atoms with Crippen LogP contribution in [0.25, 0.3) is 0 Å². The number of nitrogens with one attached hydrogen (secondary N) is 1. The number of aryl methyl sites for hydroxylation is 3. The van der Waals surface area contributed by atoms with Crippen LogP contribution in [0.1, 0.15) is 23.4 Å². The molecule has 0 radical (unpaired) electrons. The lowest BCUT2D eigenvalue weighted by Gasteiger charge is -2.06. The summed E-state index contributed by atoms with van der Waals surface area (Å²) in [7, 11) is 0. The Balaban J connectivity index is 1.89. The summed E-state index contributed by atoms with van der Waals surface area (Å²) in [6.45, 7) is 4.46. The van der Waals surface area contributed by atoms with Gasteiger partial charge in [-0.2, -0.15) is 10.4 Å². The zero-order valence-electron chi connectivity index (χ0n) is 11.6. The molecule has 20 heavy (non-hydrogen) atoms. The van der Waals surface area contributed by atoms with Crippen molar-refractivity contribution in [2.24, 2.45) is 0 Å². The molecule has 0 fully saturated rings. The van der Waals surface area contributed by atoms with Gasteiger partial charge in [-0.3, -0.25) is 9.48 Å². The fraction of sp³-hybridized carbons (Fsp3) is 0.267. The zero-order valence-corrected chi connectivity index (χ0v) is 11.6. The second kappa shape index (κ2) is 6.02. The molecule has 2 rings (SSSR count). The van der Waals surface area contributed by atoms with E-state index in [1.54, 1.807) is 24.3 Å². The number of rotatable bonds is 4. The van der Waals surface area contributed by atoms with Crippen LogP contribution < -0.4 is 5.32 Å². The molecule has 1 heterocycles. The van der Waals surface area contributed by atoms with Crippen molar-refractivity contribution < 1.29 is 4.79 Å². The minimum Gasteiger partial charge on any atom is -0.326 e. The van der Waals surface area contributed by atoms with Gasteiger partial charge < -0.3 is 5.32 Å². The summed E-state index contributed by atoms with van der Waals surface area (Å²) >= 11 is 0. The van der Waals surface area contributed by atoms with E-state index in [0.29, 0.717) is 24.2 Å². The summed E-state index contributed by atoms with van der Waals surface area (Å²) in [6, 6.07) is 10.8. The van der Waals surface area contributed by atoms with Gasteiger partial charge in [0.1, 0.15) is 0 Å². The molecule has 0 atom stereocenters. The third-order valence-corrected chi connectivity index (χ3v) is 2.95. The van der Waals surface area contributed by atoms with Gasteiger partial charge >= 0.3 is 0 Å². The fourth-order valence-corrected chi connectivity index (χ4v) is 1.96. The number of anilines is 1. The number of amides is 1. The van der Waals surface area contributed by atoms with E-state index in [2.05, 4.69) is 10.4 Å². The average Bonchev–Trinajstić information content (AvgIpc) is 2.75. The van der Waals surface area contributed by atoms with Gasteiger partial charge in [-0.25, -0.2) is 0 Å².